The summed E-state index contributed by atoms with van der Waals surface area (Å²) in [4.78, 5) is 11.3. The van der Waals surface area contributed by atoms with E-state index in [-0.39, 0.29) is 0 Å². The van der Waals surface area contributed by atoms with Crippen LogP contribution in [0, 0.1) is 5.92 Å². The van der Waals surface area contributed by atoms with E-state index in [0.29, 0.717) is 25.1 Å². The van der Waals surface area contributed by atoms with Crippen LogP contribution < -0.4 is 15.4 Å². The maximum absolute atomic E-state index is 5.66. The van der Waals surface area contributed by atoms with Gasteiger partial charge in [0.15, 0.2) is 5.96 Å². The fourth-order valence-corrected chi connectivity index (χ4v) is 2.95. The molecule has 1 saturated heterocycles. The lowest BCUT2D eigenvalue weighted by atomic mass is 10.0. The summed E-state index contributed by atoms with van der Waals surface area (Å²) in [7, 11) is 0. The van der Waals surface area contributed by atoms with Crippen molar-refractivity contribution in [1.82, 2.24) is 20.5 Å². The Morgan fingerprint density at radius 2 is 2.15 bits per heavy atom. The lowest BCUT2D eigenvalue weighted by Gasteiger charge is -2.36. The molecule has 1 aliphatic heterocycles. The lowest BCUT2D eigenvalue weighted by Crippen LogP contribution is -2.48. The van der Waals surface area contributed by atoms with Gasteiger partial charge in [-0.25, -0.2) is 0 Å². The summed E-state index contributed by atoms with van der Waals surface area (Å²) in [6.07, 6.45) is 3.45. The standard InChI is InChI=1S/C19H33N5O2/c1-4-21-19(22-8-11-26-17-6-5-7-20-14-17)23-15-18(16(2)3)24-9-12-25-13-10-24/h5-7,14,16,18H,4,8-13,15H2,1-3H3,(H2,21,22,23). The Bertz CT molecular complexity index is 518. The van der Waals surface area contributed by atoms with E-state index in [0.717, 1.165) is 51.1 Å². The van der Waals surface area contributed by atoms with Gasteiger partial charge in [-0.15, -0.1) is 0 Å². The molecule has 0 spiro atoms. The molecule has 7 heteroatoms. The van der Waals surface area contributed by atoms with Crippen LogP contribution >= 0.6 is 0 Å². The van der Waals surface area contributed by atoms with Crippen molar-refractivity contribution in [3.8, 4) is 5.75 Å². The third kappa shape index (κ3) is 7.17. The molecule has 1 fully saturated rings. The molecule has 2 heterocycles. The van der Waals surface area contributed by atoms with Gasteiger partial charge in [0, 0.05) is 31.9 Å². The van der Waals surface area contributed by atoms with Gasteiger partial charge < -0.3 is 20.1 Å². The molecule has 26 heavy (non-hydrogen) atoms. The van der Waals surface area contributed by atoms with Crippen molar-refractivity contribution >= 4 is 5.96 Å². The Morgan fingerprint density at radius 1 is 1.35 bits per heavy atom. The Hall–Kier alpha value is -1.86. The number of rotatable bonds is 9. The predicted octanol–water partition coefficient (Wildman–Crippen LogP) is 1.37. The number of nitrogens with zero attached hydrogens (tertiary/aromatic N) is 3. The van der Waals surface area contributed by atoms with Crippen molar-refractivity contribution in [1.29, 1.82) is 0 Å². The number of hydrogen-bond donors (Lipinski definition) is 2. The van der Waals surface area contributed by atoms with Gasteiger partial charge >= 0.3 is 0 Å². The number of nitrogens with one attached hydrogen (secondary N) is 2. The smallest absolute Gasteiger partial charge is 0.191 e. The van der Waals surface area contributed by atoms with Crippen LogP contribution in [0.5, 0.6) is 5.75 Å². The second kappa shape index (κ2) is 11.7. The Morgan fingerprint density at radius 3 is 2.81 bits per heavy atom. The first kappa shape index (κ1) is 20.5. The van der Waals surface area contributed by atoms with Gasteiger partial charge in [0.25, 0.3) is 0 Å². The summed E-state index contributed by atoms with van der Waals surface area (Å²) in [6, 6.07) is 4.20. The van der Waals surface area contributed by atoms with Crippen LogP contribution in [-0.4, -0.2) is 74.4 Å². The minimum atomic E-state index is 0.431. The van der Waals surface area contributed by atoms with Crippen molar-refractivity contribution in [3.05, 3.63) is 24.5 Å². The van der Waals surface area contributed by atoms with Crippen LogP contribution in [0.25, 0.3) is 0 Å². The Labute approximate surface area is 157 Å². The highest BCUT2D eigenvalue weighted by Crippen LogP contribution is 2.13. The van der Waals surface area contributed by atoms with Gasteiger partial charge in [-0.2, -0.15) is 0 Å². The van der Waals surface area contributed by atoms with Gasteiger partial charge in [0.05, 0.1) is 32.5 Å². The van der Waals surface area contributed by atoms with E-state index >= 15 is 0 Å². The first-order valence-corrected chi connectivity index (χ1v) is 9.57. The Kier molecular flexibility index (Phi) is 9.20. The van der Waals surface area contributed by atoms with E-state index in [9.17, 15) is 0 Å². The summed E-state index contributed by atoms with van der Waals surface area (Å²) in [5, 5.41) is 6.64. The van der Waals surface area contributed by atoms with Crippen LogP contribution in [-0.2, 0) is 4.74 Å². The summed E-state index contributed by atoms with van der Waals surface area (Å²) in [5.41, 5.74) is 0. The van der Waals surface area contributed by atoms with Crippen molar-refractivity contribution < 1.29 is 9.47 Å². The highest BCUT2D eigenvalue weighted by atomic mass is 16.5. The van der Waals surface area contributed by atoms with Gasteiger partial charge in [0.1, 0.15) is 12.4 Å². The fourth-order valence-electron chi connectivity index (χ4n) is 2.95. The normalized spacial score (nSPS) is 17.2. The third-order valence-corrected chi connectivity index (χ3v) is 4.36. The van der Waals surface area contributed by atoms with E-state index in [1.165, 1.54) is 0 Å². The highest BCUT2D eigenvalue weighted by molar-refractivity contribution is 5.79. The molecule has 2 rings (SSSR count). The van der Waals surface area contributed by atoms with Crippen molar-refractivity contribution in [2.24, 2.45) is 10.9 Å². The zero-order valence-electron chi connectivity index (χ0n) is 16.3. The number of hydrogen-bond acceptors (Lipinski definition) is 5. The second-order valence-corrected chi connectivity index (χ2v) is 6.64. The highest BCUT2D eigenvalue weighted by Gasteiger charge is 2.23. The molecule has 2 N–H and O–H groups in total. The van der Waals surface area contributed by atoms with Gasteiger partial charge in [-0.1, -0.05) is 13.8 Å². The number of aliphatic imine (C=N–C) groups is 1. The molecule has 1 aromatic rings. The van der Waals surface area contributed by atoms with Crippen molar-refractivity contribution in [2.45, 2.75) is 26.8 Å². The molecule has 0 aromatic carbocycles. The van der Waals surface area contributed by atoms with Crippen LogP contribution in [0.1, 0.15) is 20.8 Å². The first-order chi connectivity index (χ1) is 12.7. The molecule has 0 saturated carbocycles. The molecule has 0 bridgehead atoms. The number of ether oxygens (including phenoxy) is 2. The molecular formula is C19H33N5O2. The quantitative estimate of drug-likeness (QED) is 0.392. The minimum Gasteiger partial charge on any atom is -0.490 e. The van der Waals surface area contributed by atoms with Gasteiger partial charge in [-0.3, -0.25) is 14.9 Å². The van der Waals surface area contributed by atoms with Crippen LogP contribution in [0.2, 0.25) is 0 Å². The predicted molar refractivity (Wildman–Crippen MR) is 105 cm³/mol. The molecule has 1 aliphatic rings. The molecule has 0 radical (unpaired) electrons. The summed E-state index contributed by atoms with van der Waals surface area (Å²) < 4.78 is 11.1. The number of guanidine groups is 1. The molecule has 1 atom stereocenters. The lowest BCUT2D eigenvalue weighted by molar-refractivity contribution is 0.00867. The molecular weight excluding hydrogens is 330 g/mol. The van der Waals surface area contributed by atoms with Crippen molar-refractivity contribution in [2.75, 3.05) is 52.5 Å². The average Bonchev–Trinajstić information content (AvgIpc) is 2.66. The topological polar surface area (TPSA) is 71.0 Å². The number of pyridine rings is 1. The molecule has 0 amide bonds. The summed E-state index contributed by atoms with van der Waals surface area (Å²) in [6.45, 7) is 13.1. The van der Waals surface area contributed by atoms with E-state index in [2.05, 4.69) is 41.3 Å². The minimum absolute atomic E-state index is 0.431. The number of morpholine rings is 1. The van der Waals surface area contributed by atoms with E-state index in [1.54, 1.807) is 12.4 Å². The van der Waals surface area contributed by atoms with Crippen LogP contribution in [0.3, 0.4) is 0 Å². The fraction of sp³-hybridized carbons (Fsp3) is 0.684. The van der Waals surface area contributed by atoms with Crippen LogP contribution in [0.15, 0.2) is 29.5 Å². The molecule has 146 valence electrons. The van der Waals surface area contributed by atoms with Gasteiger partial charge in [0.2, 0.25) is 0 Å². The van der Waals surface area contributed by atoms with Gasteiger partial charge in [-0.05, 0) is 25.0 Å². The summed E-state index contributed by atoms with van der Waals surface area (Å²) in [5.74, 6) is 2.17. The average molecular weight is 364 g/mol. The molecule has 7 nitrogen and oxygen atoms in total. The maximum atomic E-state index is 5.66. The second-order valence-electron chi connectivity index (χ2n) is 6.64. The largest absolute Gasteiger partial charge is 0.490 e. The molecule has 1 unspecified atom stereocenters. The third-order valence-electron chi connectivity index (χ3n) is 4.36. The maximum Gasteiger partial charge on any atom is 0.191 e. The van der Waals surface area contributed by atoms with Crippen LogP contribution in [0.4, 0.5) is 0 Å². The van der Waals surface area contributed by atoms with Crippen molar-refractivity contribution in [3.63, 3.8) is 0 Å². The number of aromatic nitrogens is 1. The van der Waals surface area contributed by atoms with E-state index < -0.39 is 0 Å². The van der Waals surface area contributed by atoms with E-state index in [1.807, 2.05) is 12.1 Å². The zero-order chi connectivity index (χ0) is 18.6. The first-order valence-electron chi connectivity index (χ1n) is 9.57. The SMILES string of the molecule is CCNC(=NCC(C(C)C)N1CCOCC1)NCCOc1cccnc1. The zero-order valence-corrected chi connectivity index (χ0v) is 16.3. The molecule has 0 aliphatic carbocycles. The summed E-state index contributed by atoms with van der Waals surface area (Å²) >= 11 is 0. The monoisotopic (exact) mass is 363 g/mol. The van der Waals surface area contributed by atoms with E-state index in [4.69, 9.17) is 14.5 Å². The molecule has 1 aromatic heterocycles. The Balaban J connectivity index is 1.81.